The first-order valence-electron chi connectivity index (χ1n) is 48.3. The number of unbranched alkanes of at least 4 members (excludes halogenated alkanes) is 1. The molecule has 15 amide bonds. The van der Waals surface area contributed by atoms with Crippen molar-refractivity contribution in [2.45, 2.75) is 247 Å². The normalized spacial score (nSPS) is 16.3. The van der Waals surface area contributed by atoms with Gasteiger partial charge in [0.2, 0.25) is 88.6 Å². The van der Waals surface area contributed by atoms with Crippen molar-refractivity contribution in [3.63, 3.8) is 0 Å². The van der Waals surface area contributed by atoms with Gasteiger partial charge in [0.1, 0.15) is 90.3 Å². The zero-order chi connectivity index (χ0) is 105. The van der Waals surface area contributed by atoms with Crippen LogP contribution in [0.3, 0.4) is 0 Å². The summed E-state index contributed by atoms with van der Waals surface area (Å²) in [6.45, 7) is 6.13. The molecule has 0 bridgehead atoms. The number of aromatic hydroxyl groups is 1. The fraction of sp³-hybridized carbons (Fsp3) is 0.485. The first-order chi connectivity index (χ1) is 68.9. The number of aliphatic hydroxyl groups excluding tert-OH is 1. The van der Waals surface area contributed by atoms with Crippen LogP contribution < -0.4 is 103 Å². The Bertz CT molecular complexity index is 5500. The minimum Gasteiger partial charge on any atom is -0.508 e. The van der Waals surface area contributed by atoms with Crippen LogP contribution in [0, 0.1) is 22.7 Å². The highest BCUT2D eigenvalue weighted by Gasteiger charge is 2.44. The number of para-hydroxylation sites is 1. The Morgan fingerprint density at radius 1 is 0.458 bits per heavy atom. The van der Waals surface area contributed by atoms with Crippen LogP contribution in [0.5, 0.6) is 5.75 Å². The number of rotatable bonds is 58. The lowest BCUT2D eigenvalue weighted by atomic mass is 9.96. The number of carboxylic acids is 1. The van der Waals surface area contributed by atoms with Crippen LogP contribution in [0.2, 0.25) is 0 Å². The van der Waals surface area contributed by atoms with Crippen LogP contribution in [0.4, 0.5) is 0 Å². The molecule has 2 aliphatic rings. The highest BCUT2D eigenvalue weighted by atomic mass is 16.4. The molecule has 0 saturated carbocycles. The third kappa shape index (κ3) is 34.8. The number of fused-ring (bicyclic) bond motifs is 1. The van der Waals surface area contributed by atoms with E-state index >= 15 is 33.6 Å². The molecule has 9 rings (SSSR count). The van der Waals surface area contributed by atoms with E-state index in [4.69, 9.17) is 39.5 Å². The Kier molecular flexibility index (Phi) is 43.8. The van der Waals surface area contributed by atoms with Gasteiger partial charge in [0.05, 0.1) is 43.1 Å². The number of carbonyl (C=O) groups is 16. The van der Waals surface area contributed by atoms with Crippen molar-refractivity contribution < 1.29 is 92.0 Å². The molecular weight excluding hydrogens is 1860 g/mol. The highest BCUT2D eigenvalue weighted by Crippen LogP contribution is 2.26. The smallest absolute Gasteiger partial charge is 0.326 e. The molecule has 4 aromatic carbocycles. The number of phenolic OH excluding ortho intramolecular Hbond substituents is 1. The lowest BCUT2D eigenvalue weighted by Gasteiger charge is -2.31. The zero-order valence-electron chi connectivity index (χ0n) is 81.0. The maximum absolute atomic E-state index is 15.5. The molecule has 2 saturated heterocycles. The molecule has 0 spiro atoms. The van der Waals surface area contributed by atoms with Crippen molar-refractivity contribution in [2.75, 3.05) is 39.3 Å². The number of H-pyrrole nitrogens is 3. The average Bonchev–Trinajstić information content (AvgIpc) is 1.67. The SMILES string of the molecule is CC[C@H](C)[C@H](NC(=O)[C@H](CCCNC(=N)N)NC(=O)[C@H](Cc1ccccc1)NC(=O)[C@H](Cc1c[nH]cn1)NC(=O)[C@H](CO)NC(=O)[C@H](CCCCN)NC(=O)[C@H](Cc1c[nH]c2ccccc12)NC(=O)[C@H](CC(C)C)NC(=O)[C@@H]1CCCN1C(=O)[C@H](Cc1ccccc1)NC(=O)[C@H](CCCNC(=N)N)NC(=O)[C@H](CC(N)=O)NC(=O)[C@@H]1CCCN1C(=O)[C@@H](N)Cc1ccc(O)cc1)C(=O)N[C@@H](Cc1c[nH]cn1)C(=O)O. The number of aliphatic hydroxyl groups is 1. The zero-order valence-corrected chi connectivity index (χ0v) is 81.0. The number of hydrogen-bond donors (Lipinski definition) is 27. The molecule has 32 N–H and O–H groups in total. The summed E-state index contributed by atoms with van der Waals surface area (Å²) < 4.78 is 0. The maximum atomic E-state index is 15.5. The minimum absolute atomic E-state index is 0.00344. The number of phenols is 1. The van der Waals surface area contributed by atoms with E-state index in [-0.39, 0.29) is 153 Å². The first-order valence-corrected chi connectivity index (χ1v) is 48.3. The van der Waals surface area contributed by atoms with Gasteiger partial charge in [-0.2, -0.15) is 0 Å². The quantitative estimate of drug-likeness (QED) is 0.0102. The molecule has 0 radical (unpaired) electrons. The Labute approximate surface area is 831 Å². The summed E-state index contributed by atoms with van der Waals surface area (Å²) in [5, 5.41) is 84.5. The number of primary amides is 1. The Balaban J connectivity index is 0.921. The lowest BCUT2D eigenvalue weighted by Crippen LogP contribution is -2.62. The number of likely N-dealkylation sites (tertiary alicyclic amines) is 2. The van der Waals surface area contributed by atoms with Gasteiger partial charge < -0.3 is 143 Å². The van der Waals surface area contributed by atoms with E-state index in [1.54, 1.807) is 131 Å². The molecule has 0 unspecified atom stereocenters. The number of imidazole rings is 2. The summed E-state index contributed by atoms with van der Waals surface area (Å²) in [6, 6.07) is 7.85. The number of nitrogens with zero attached hydrogens (tertiary/aromatic N) is 4. The summed E-state index contributed by atoms with van der Waals surface area (Å²) >= 11 is 0. The molecular formula is C97H136N28O19. The Morgan fingerprint density at radius 2 is 0.882 bits per heavy atom. The molecule has 5 heterocycles. The molecule has 3 aromatic heterocycles. The fourth-order valence-corrected chi connectivity index (χ4v) is 17.1. The van der Waals surface area contributed by atoms with E-state index < -0.39 is 216 Å². The van der Waals surface area contributed by atoms with Gasteiger partial charge in [-0.1, -0.05) is 125 Å². The second kappa shape index (κ2) is 56.3. The predicted molar refractivity (Wildman–Crippen MR) is 528 cm³/mol. The van der Waals surface area contributed by atoms with Gasteiger partial charge in [0, 0.05) is 87.8 Å². The van der Waals surface area contributed by atoms with Crippen LogP contribution in [-0.2, 0) is 115 Å². The molecule has 2 fully saturated rings. The van der Waals surface area contributed by atoms with Crippen LogP contribution in [0.15, 0.2) is 140 Å². The molecule has 16 atom stereocenters. The molecule has 47 nitrogen and oxygen atoms in total. The van der Waals surface area contributed by atoms with Gasteiger partial charge in [-0.15, -0.1) is 0 Å². The number of aromatic nitrogens is 5. The second-order valence-electron chi connectivity index (χ2n) is 36.4. The van der Waals surface area contributed by atoms with E-state index in [0.29, 0.717) is 58.1 Å². The topological polar surface area (TPSA) is 760 Å². The van der Waals surface area contributed by atoms with E-state index in [0.717, 1.165) is 0 Å². The Hall–Kier alpha value is -15.4. The van der Waals surface area contributed by atoms with E-state index in [9.17, 15) is 58.5 Å². The van der Waals surface area contributed by atoms with Crippen molar-refractivity contribution >= 4 is 117 Å². The number of benzene rings is 4. The minimum atomic E-state index is -1.88. The molecule has 778 valence electrons. The predicted octanol–water partition coefficient (Wildman–Crippen LogP) is -3.10. The van der Waals surface area contributed by atoms with E-state index in [1.165, 1.54) is 47.0 Å². The van der Waals surface area contributed by atoms with Crippen molar-refractivity contribution in [1.82, 2.24) is 109 Å². The second-order valence-corrected chi connectivity index (χ2v) is 36.4. The van der Waals surface area contributed by atoms with Crippen LogP contribution in [0.1, 0.15) is 151 Å². The molecule has 0 aliphatic carbocycles. The van der Waals surface area contributed by atoms with Crippen molar-refractivity contribution in [2.24, 2.45) is 40.5 Å². The summed E-state index contributed by atoms with van der Waals surface area (Å²) in [5.41, 5.74) is 32.6. The number of carboxylic acid groups (broad SMARTS) is 1. The number of aromatic amines is 3. The van der Waals surface area contributed by atoms with Gasteiger partial charge in [-0.3, -0.25) is 82.7 Å². The molecule has 7 aromatic rings. The number of nitrogens with two attached hydrogens (primary N) is 5. The number of guanidine groups is 2. The summed E-state index contributed by atoms with van der Waals surface area (Å²) in [6.07, 6.45) is 6.47. The van der Waals surface area contributed by atoms with Crippen LogP contribution in [-0.4, -0.2) is 286 Å². The van der Waals surface area contributed by atoms with Gasteiger partial charge in [0.25, 0.3) is 0 Å². The van der Waals surface area contributed by atoms with Gasteiger partial charge in [-0.25, -0.2) is 14.8 Å². The van der Waals surface area contributed by atoms with Gasteiger partial charge >= 0.3 is 5.97 Å². The van der Waals surface area contributed by atoms with Crippen molar-refractivity contribution in [3.8, 4) is 5.75 Å². The number of amides is 15. The first kappa shape index (κ1) is 112. The summed E-state index contributed by atoms with van der Waals surface area (Å²) in [5.74, 6) is -16.7. The highest BCUT2D eigenvalue weighted by molar-refractivity contribution is 6.02. The standard InChI is InChI=1S/C97H136N28O19/c1-5-55(4)80(92(140)121-75(95(143)144)46-61-50-106-53-111-61)123-83(131)68(28-17-37-108-97(103)104)114-85(133)70(42-56-20-8-6-9-21-56)115-87(135)72(45-60-49-105-52-110-60)117-89(137)76(51-126)122-82(130)66(26-14-15-35-98)112-86(134)71(44-59-48-109-65-25-13-12-24-63(59)65)116-84(132)69(40-54(2)3)118-91(139)78-30-19-39-125(78)94(142)74(43-57-22-10-7-11-23-57)120-81(129)67(27-16-36-107-96(101)102)113-88(136)73(47-79(100)128)119-90(138)77-29-18-38-124(77)93(141)64(99)41-58-31-33-62(127)34-32-58/h6-13,20-25,31-34,48-50,52-55,64,66-78,80,109,126-127H,5,14-19,26-30,35-47,51,98-99H2,1-4H3,(H2,100,128)(H,105,110)(H,106,111)(H,112,134)(H,113,136)(H,114,133)(H,115,135)(H,116,132)(H,117,137)(H,118,139)(H,119,138)(H,120,129)(H,121,140)(H,122,130)(H,123,131)(H,143,144)(H4,101,102,107)(H4,103,104,108)/t55-,64-,66-,67-,68-,69-,70-,71-,72-,73-,74-,75-,76-,77-,78-,80-/m0/s1. The number of carbonyl (C=O) groups excluding carboxylic acids is 15. The third-order valence-corrected chi connectivity index (χ3v) is 24.9. The monoisotopic (exact) mass is 2000 g/mol. The molecule has 2 aliphatic heterocycles. The molecule has 144 heavy (non-hydrogen) atoms. The average molecular weight is 2000 g/mol. The number of hydrogen-bond acceptors (Lipinski definition) is 24. The van der Waals surface area contributed by atoms with Crippen LogP contribution in [0.25, 0.3) is 10.9 Å². The van der Waals surface area contributed by atoms with Gasteiger partial charge in [-0.05, 0) is 142 Å². The Morgan fingerprint density at radius 3 is 1.38 bits per heavy atom. The van der Waals surface area contributed by atoms with Crippen LogP contribution >= 0.6 is 0 Å². The largest absolute Gasteiger partial charge is 0.508 e. The number of aliphatic carboxylic acids is 1. The van der Waals surface area contributed by atoms with E-state index in [1.807, 2.05) is 0 Å². The van der Waals surface area contributed by atoms with Crippen molar-refractivity contribution in [3.05, 3.63) is 174 Å². The number of nitrogens with one attached hydrogen (secondary N) is 19. The maximum Gasteiger partial charge on any atom is 0.326 e. The lowest BCUT2D eigenvalue weighted by molar-refractivity contribution is -0.143. The van der Waals surface area contributed by atoms with Gasteiger partial charge in [0.15, 0.2) is 11.9 Å². The third-order valence-electron chi connectivity index (χ3n) is 24.9. The van der Waals surface area contributed by atoms with Crippen molar-refractivity contribution in [1.29, 1.82) is 10.8 Å². The van der Waals surface area contributed by atoms with E-state index in [2.05, 4.69) is 99.4 Å². The summed E-state index contributed by atoms with van der Waals surface area (Å²) in [7, 11) is 0. The summed E-state index contributed by atoms with van der Waals surface area (Å²) in [4.78, 5) is 252. The fourth-order valence-electron chi connectivity index (χ4n) is 17.1. The molecule has 47 heteroatoms.